The van der Waals surface area contributed by atoms with Crippen molar-refractivity contribution < 1.29 is 9.47 Å². The molecule has 0 fully saturated rings. The summed E-state index contributed by atoms with van der Waals surface area (Å²) < 4.78 is 10.9. The lowest BCUT2D eigenvalue weighted by Crippen LogP contribution is -2.04. The first-order valence-electron chi connectivity index (χ1n) is 4.10. The van der Waals surface area contributed by atoms with Gasteiger partial charge in [0.2, 0.25) is 0 Å². The highest BCUT2D eigenvalue weighted by atomic mass is 79.9. The number of nitrogens with zero attached hydrogens (tertiary/aromatic N) is 1. The van der Waals surface area contributed by atoms with E-state index in [0.717, 1.165) is 0 Å². The Kier molecular flexibility index (Phi) is 4.44. The standard InChI is InChI=1S/C10H10BrNO2/c1-13-5-6-14-9-4-2-3-8(7-12)10(9)11/h2-4H,5-6H2,1H3. The molecule has 0 unspecified atom stereocenters. The molecule has 74 valence electrons. The van der Waals surface area contributed by atoms with Crippen LogP contribution in [0.4, 0.5) is 0 Å². The van der Waals surface area contributed by atoms with E-state index in [4.69, 9.17) is 14.7 Å². The van der Waals surface area contributed by atoms with Gasteiger partial charge in [0.05, 0.1) is 16.6 Å². The van der Waals surface area contributed by atoms with E-state index in [2.05, 4.69) is 22.0 Å². The number of methoxy groups -OCH3 is 1. The largest absolute Gasteiger partial charge is 0.490 e. The summed E-state index contributed by atoms with van der Waals surface area (Å²) >= 11 is 3.31. The smallest absolute Gasteiger partial charge is 0.134 e. The molecule has 1 aromatic carbocycles. The highest BCUT2D eigenvalue weighted by molar-refractivity contribution is 9.10. The maximum atomic E-state index is 8.75. The molecule has 0 spiro atoms. The number of hydrogen-bond donors (Lipinski definition) is 0. The van der Waals surface area contributed by atoms with E-state index in [-0.39, 0.29) is 0 Å². The van der Waals surface area contributed by atoms with Crippen LogP contribution < -0.4 is 4.74 Å². The zero-order valence-corrected chi connectivity index (χ0v) is 9.37. The lowest BCUT2D eigenvalue weighted by Gasteiger charge is -2.07. The Morgan fingerprint density at radius 2 is 2.21 bits per heavy atom. The number of ether oxygens (including phenoxy) is 2. The van der Waals surface area contributed by atoms with Crippen molar-refractivity contribution in [3.8, 4) is 11.8 Å². The molecule has 0 atom stereocenters. The summed E-state index contributed by atoms with van der Waals surface area (Å²) in [6.07, 6.45) is 0. The minimum atomic E-state index is 0.476. The third-order valence-electron chi connectivity index (χ3n) is 1.63. The molecule has 14 heavy (non-hydrogen) atoms. The van der Waals surface area contributed by atoms with Gasteiger partial charge in [-0.2, -0.15) is 5.26 Å². The van der Waals surface area contributed by atoms with Crippen molar-refractivity contribution in [2.45, 2.75) is 0 Å². The third-order valence-corrected chi connectivity index (χ3v) is 2.45. The molecule has 0 saturated carbocycles. The van der Waals surface area contributed by atoms with Crippen LogP contribution in [0.25, 0.3) is 0 Å². The fraction of sp³-hybridized carbons (Fsp3) is 0.300. The van der Waals surface area contributed by atoms with Crippen molar-refractivity contribution in [2.75, 3.05) is 20.3 Å². The summed E-state index contributed by atoms with van der Waals surface area (Å²) in [6.45, 7) is 1.01. The van der Waals surface area contributed by atoms with Crippen LogP contribution in [0.2, 0.25) is 0 Å². The Balaban J connectivity index is 2.73. The van der Waals surface area contributed by atoms with Crippen LogP contribution in [0, 0.1) is 11.3 Å². The molecule has 1 rings (SSSR count). The van der Waals surface area contributed by atoms with E-state index in [9.17, 15) is 0 Å². The topological polar surface area (TPSA) is 42.2 Å². The summed E-state index contributed by atoms with van der Waals surface area (Å²) in [5.41, 5.74) is 0.569. The van der Waals surface area contributed by atoms with E-state index in [0.29, 0.717) is 29.0 Å². The number of benzene rings is 1. The quantitative estimate of drug-likeness (QED) is 0.776. The number of hydrogen-bond acceptors (Lipinski definition) is 3. The summed E-state index contributed by atoms with van der Waals surface area (Å²) in [6, 6.07) is 7.39. The minimum absolute atomic E-state index is 0.476. The van der Waals surface area contributed by atoms with Crippen molar-refractivity contribution in [3.05, 3.63) is 28.2 Å². The summed E-state index contributed by atoms with van der Waals surface area (Å²) in [5, 5.41) is 8.75. The van der Waals surface area contributed by atoms with Gasteiger partial charge in [0.25, 0.3) is 0 Å². The summed E-state index contributed by atoms with van der Waals surface area (Å²) in [4.78, 5) is 0. The maximum absolute atomic E-state index is 8.75. The van der Waals surface area contributed by atoms with E-state index in [1.54, 1.807) is 25.3 Å². The van der Waals surface area contributed by atoms with Crippen LogP contribution in [0.5, 0.6) is 5.75 Å². The van der Waals surface area contributed by atoms with E-state index in [1.165, 1.54) is 0 Å². The van der Waals surface area contributed by atoms with Gasteiger partial charge in [0.15, 0.2) is 0 Å². The zero-order chi connectivity index (χ0) is 10.4. The van der Waals surface area contributed by atoms with Crippen LogP contribution in [0.15, 0.2) is 22.7 Å². The first-order valence-corrected chi connectivity index (χ1v) is 4.89. The van der Waals surface area contributed by atoms with Gasteiger partial charge in [-0.15, -0.1) is 0 Å². The molecule has 0 aromatic heterocycles. The minimum Gasteiger partial charge on any atom is -0.490 e. The molecular weight excluding hydrogens is 246 g/mol. The van der Waals surface area contributed by atoms with Gasteiger partial charge < -0.3 is 9.47 Å². The fourth-order valence-corrected chi connectivity index (χ4v) is 1.41. The lowest BCUT2D eigenvalue weighted by atomic mass is 10.2. The highest BCUT2D eigenvalue weighted by Gasteiger charge is 2.05. The average Bonchev–Trinajstić information content (AvgIpc) is 2.21. The van der Waals surface area contributed by atoms with E-state index < -0.39 is 0 Å². The van der Waals surface area contributed by atoms with Gasteiger partial charge in [-0.3, -0.25) is 0 Å². The summed E-state index contributed by atoms with van der Waals surface area (Å²) in [7, 11) is 1.62. The number of nitriles is 1. The van der Waals surface area contributed by atoms with Crippen LogP contribution in [0.1, 0.15) is 5.56 Å². The van der Waals surface area contributed by atoms with Gasteiger partial charge in [-0.25, -0.2) is 0 Å². The van der Waals surface area contributed by atoms with Crippen molar-refractivity contribution in [2.24, 2.45) is 0 Å². The number of rotatable bonds is 4. The Morgan fingerprint density at radius 3 is 2.86 bits per heavy atom. The molecule has 3 nitrogen and oxygen atoms in total. The second kappa shape index (κ2) is 5.63. The van der Waals surface area contributed by atoms with Gasteiger partial charge in [0, 0.05) is 7.11 Å². The molecule has 0 aliphatic heterocycles. The second-order valence-electron chi connectivity index (χ2n) is 2.57. The Morgan fingerprint density at radius 1 is 1.43 bits per heavy atom. The molecule has 0 amide bonds. The zero-order valence-electron chi connectivity index (χ0n) is 7.79. The van der Waals surface area contributed by atoms with Gasteiger partial charge in [0.1, 0.15) is 18.4 Å². The second-order valence-corrected chi connectivity index (χ2v) is 3.36. The molecule has 0 saturated heterocycles. The SMILES string of the molecule is COCCOc1cccc(C#N)c1Br. The van der Waals surface area contributed by atoms with E-state index >= 15 is 0 Å². The predicted octanol–water partition coefficient (Wildman–Crippen LogP) is 2.35. The van der Waals surface area contributed by atoms with Crippen LogP contribution in [-0.2, 0) is 4.74 Å². The predicted molar refractivity (Wildman–Crippen MR) is 56.2 cm³/mol. The van der Waals surface area contributed by atoms with Crippen molar-refractivity contribution in [1.82, 2.24) is 0 Å². The number of halogens is 1. The average molecular weight is 256 g/mol. The molecule has 0 radical (unpaired) electrons. The van der Waals surface area contributed by atoms with Gasteiger partial charge in [-0.05, 0) is 28.1 Å². The first kappa shape index (κ1) is 11.0. The normalized spacial score (nSPS) is 9.50. The first-order chi connectivity index (χ1) is 6.79. The van der Waals surface area contributed by atoms with E-state index in [1.807, 2.05) is 0 Å². The molecule has 0 heterocycles. The molecule has 0 N–H and O–H groups in total. The molecule has 1 aromatic rings. The van der Waals surface area contributed by atoms with Crippen LogP contribution in [-0.4, -0.2) is 20.3 Å². The third kappa shape index (κ3) is 2.72. The Bertz CT molecular complexity index is 346. The molecule has 0 aliphatic rings. The Labute approximate surface area is 91.4 Å². The summed E-state index contributed by atoms with van der Waals surface area (Å²) in [5.74, 6) is 0.668. The molecular formula is C10H10BrNO2. The monoisotopic (exact) mass is 255 g/mol. The van der Waals surface area contributed by atoms with Crippen LogP contribution in [0.3, 0.4) is 0 Å². The fourth-order valence-electron chi connectivity index (χ4n) is 0.944. The highest BCUT2D eigenvalue weighted by Crippen LogP contribution is 2.27. The maximum Gasteiger partial charge on any atom is 0.134 e. The van der Waals surface area contributed by atoms with Crippen molar-refractivity contribution >= 4 is 15.9 Å². The van der Waals surface area contributed by atoms with Crippen molar-refractivity contribution in [1.29, 1.82) is 5.26 Å². The lowest BCUT2D eigenvalue weighted by molar-refractivity contribution is 0.146. The van der Waals surface area contributed by atoms with Gasteiger partial charge >= 0.3 is 0 Å². The van der Waals surface area contributed by atoms with Gasteiger partial charge in [-0.1, -0.05) is 6.07 Å². The van der Waals surface area contributed by atoms with Crippen LogP contribution >= 0.6 is 15.9 Å². The molecule has 4 heteroatoms. The Hall–Kier alpha value is -1.05. The molecule has 0 aliphatic carbocycles. The molecule has 0 bridgehead atoms. The van der Waals surface area contributed by atoms with Crippen molar-refractivity contribution in [3.63, 3.8) is 0 Å².